The summed E-state index contributed by atoms with van der Waals surface area (Å²) in [6.07, 6.45) is 0.624. The fourth-order valence-electron chi connectivity index (χ4n) is 2.81. The van der Waals surface area contributed by atoms with Gasteiger partial charge in [0.25, 0.3) is 0 Å². The molecule has 3 N–H and O–H groups in total. The SMILES string of the molecule is COc1ccc(NC(C)=O)cc1NC(=O)NCCc1csc(-c2ccc(C)cc2)n1. The second-order valence-electron chi connectivity index (χ2n) is 6.74. The number of carbonyl (C=O) groups is 2. The smallest absolute Gasteiger partial charge is 0.319 e. The predicted molar refractivity (Wildman–Crippen MR) is 120 cm³/mol. The molecule has 1 aromatic heterocycles. The third-order valence-electron chi connectivity index (χ3n) is 4.29. The van der Waals surface area contributed by atoms with E-state index in [9.17, 15) is 9.59 Å². The van der Waals surface area contributed by atoms with Gasteiger partial charge in [0.15, 0.2) is 0 Å². The zero-order valence-electron chi connectivity index (χ0n) is 17.1. The Morgan fingerprint density at radius 2 is 1.87 bits per heavy atom. The molecule has 0 aliphatic rings. The van der Waals surface area contributed by atoms with Crippen LogP contribution < -0.4 is 20.7 Å². The van der Waals surface area contributed by atoms with Crippen molar-refractivity contribution in [1.29, 1.82) is 0 Å². The third kappa shape index (κ3) is 5.81. The van der Waals surface area contributed by atoms with Gasteiger partial charge in [-0.15, -0.1) is 11.3 Å². The standard InChI is InChI=1S/C22H24N4O3S/c1-14-4-6-16(7-5-14)21-25-18(13-30-21)10-11-23-22(28)26-19-12-17(24-15(2)27)8-9-20(19)29-3/h4-9,12-13H,10-11H2,1-3H3,(H,24,27)(H2,23,26,28). The van der Waals surface area contributed by atoms with E-state index in [2.05, 4.69) is 52.1 Å². The minimum Gasteiger partial charge on any atom is -0.495 e. The molecule has 30 heavy (non-hydrogen) atoms. The van der Waals surface area contributed by atoms with Gasteiger partial charge >= 0.3 is 6.03 Å². The van der Waals surface area contributed by atoms with Crippen LogP contribution in [0.15, 0.2) is 47.8 Å². The lowest BCUT2D eigenvalue weighted by atomic mass is 10.2. The number of rotatable bonds is 7. The van der Waals surface area contributed by atoms with E-state index in [0.29, 0.717) is 30.1 Å². The number of anilines is 2. The van der Waals surface area contributed by atoms with Gasteiger partial charge < -0.3 is 20.7 Å². The topological polar surface area (TPSA) is 92.4 Å². The molecule has 0 unspecified atom stereocenters. The Balaban J connectivity index is 1.54. The summed E-state index contributed by atoms with van der Waals surface area (Å²) in [6.45, 7) is 3.92. The monoisotopic (exact) mass is 424 g/mol. The largest absolute Gasteiger partial charge is 0.495 e. The van der Waals surface area contributed by atoms with Crippen molar-refractivity contribution in [2.24, 2.45) is 0 Å². The van der Waals surface area contributed by atoms with Crippen LogP contribution >= 0.6 is 11.3 Å². The number of hydrogen-bond acceptors (Lipinski definition) is 5. The van der Waals surface area contributed by atoms with Crippen molar-refractivity contribution >= 4 is 34.6 Å². The molecule has 0 radical (unpaired) electrons. The summed E-state index contributed by atoms with van der Waals surface area (Å²) in [5.41, 5.74) is 4.28. The first kappa shape index (κ1) is 21.3. The molecule has 1 heterocycles. The fraction of sp³-hybridized carbons (Fsp3) is 0.227. The van der Waals surface area contributed by atoms with Crippen LogP contribution in [0.3, 0.4) is 0 Å². The zero-order chi connectivity index (χ0) is 21.5. The van der Waals surface area contributed by atoms with Crippen molar-refractivity contribution in [2.45, 2.75) is 20.3 Å². The normalized spacial score (nSPS) is 10.4. The number of ether oxygens (including phenoxy) is 1. The second-order valence-corrected chi connectivity index (χ2v) is 7.60. The molecule has 0 aliphatic heterocycles. The van der Waals surface area contributed by atoms with Crippen molar-refractivity contribution in [1.82, 2.24) is 10.3 Å². The molecule has 0 spiro atoms. The first-order valence-electron chi connectivity index (χ1n) is 9.46. The maximum Gasteiger partial charge on any atom is 0.319 e. The van der Waals surface area contributed by atoms with Crippen LogP contribution in [0.5, 0.6) is 5.75 Å². The number of aryl methyl sites for hydroxylation is 1. The van der Waals surface area contributed by atoms with Crippen molar-refractivity contribution in [3.63, 3.8) is 0 Å². The number of nitrogens with one attached hydrogen (secondary N) is 3. The van der Waals surface area contributed by atoms with Gasteiger partial charge in [0, 0.05) is 36.5 Å². The Labute approximate surface area is 179 Å². The van der Waals surface area contributed by atoms with E-state index in [-0.39, 0.29) is 11.9 Å². The van der Waals surface area contributed by atoms with Gasteiger partial charge in [0.1, 0.15) is 10.8 Å². The third-order valence-corrected chi connectivity index (χ3v) is 5.23. The van der Waals surface area contributed by atoms with Crippen LogP contribution in [0.25, 0.3) is 10.6 Å². The van der Waals surface area contributed by atoms with Crippen LogP contribution in [0.4, 0.5) is 16.2 Å². The molecule has 0 saturated heterocycles. The van der Waals surface area contributed by atoms with Crippen molar-refractivity contribution < 1.29 is 14.3 Å². The summed E-state index contributed by atoms with van der Waals surface area (Å²) < 4.78 is 5.27. The molecule has 0 atom stereocenters. The second kappa shape index (κ2) is 9.89. The molecule has 0 saturated carbocycles. The number of benzene rings is 2. The summed E-state index contributed by atoms with van der Waals surface area (Å²) in [5.74, 6) is 0.310. The molecule has 2 aromatic carbocycles. The first-order chi connectivity index (χ1) is 14.4. The van der Waals surface area contributed by atoms with Gasteiger partial charge in [-0.3, -0.25) is 4.79 Å². The van der Waals surface area contributed by atoms with E-state index >= 15 is 0 Å². The lowest BCUT2D eigenvalue weighted by molar-refractivity contribution is -0.114. The Morgan fingerprint density at radius 1 is 1.10 bits per heavy atom. The predicted octanol–water partition coefficient (Wildman–Crippen LogP) is 4.45. The quantitative estimate of drug-likeness (QED) is 0.522. The summed E-state index contributed by atoms with van der Waals surface area (Å²) in [6, 6.07) is 12.9. The van der Waals surface area contributed by atoms with Crippen molar-refractivity contribution in [2.75, 3.05) is 24.3 Å². The summed E-state index contributed by atoms with van der Waals surface area (Å²) in [5, 5.41) is 11.2. The number of aromatic nitrogens is 1. The van der Waals surface area contributed by atoms with Crippen molar-refractivity contribution in [3.05, 3.63) is 59.1 Å². The molecule has 3 aromatic rings. The maximum absolute atomic E-state index is 12.3. The highest BCUT2D eigenvalue weighted by atomic mass is 32.1. The molecule has 3 amide bonds. The van der Waals surface area contributed by atoms with Crippen LogP contribution in [-0.2, 0) is 11.2 Å². The van der Waals surface area contributed by atoms with E-state index in [1.54, 1.807) is 29.5 Å². The molecular weight excluding hydrogens is 400 g/mol. The Kier molecular flexibility index (Phi) is 7.03. The van der Waals surface area contributed by atoms with E-state index < -0.39 is 0 Å². The molecule has 0 fully saturated rings. The first-order valence-corrected chi connectivity index (χ1v) is 10.3. The summed E-state index contributed by atoms with van der Waals surface area (Å²) in [7, 11) is 1.52. The number of nitrogens with zero attached hydrogens (tertiary/aromatic N) is 1. The zero-order valence-corrected chi connectivity index (χ0v) is 17.9. The number of thiazole rings is 1. The molecule has 8 heteroatoms. The Hall–Kier alpha value is -3.39. The Morgan fingerprint density at radius 3 is 2.57 bits per heavy atom. The van der Waals surface area contributed by atoms with Crippen LogP contribution in [0.1, 0.15) is 18.2 Å². The minimum absolute atomic E-state index is 0.191. The minimum atomic E-state index is -0.359. The maximum atomic E-state index is 12.3. The van der Waals surface area contributed by atoms with Crippen LogP contribution in [-0.4, -0.2) is 30.6 Å². The van der Waals surface area contributed by atoms with Gasteiger partial charge in [-0.2, -0.15) is 0 Å². The molecule has 7 nitrogen and oxygen atoms in total. The molecule has 0 bridgehead atoms. The average Bonchev–Trinajstić information content (AvgIpc) is 3.17. The van der Waals surface area contributed by atoms with E-state index in [4.69, 9.17) is 4.74 Å². The van der Waals surface area contributed by atoms with Gasteiger partial charge in [-0.25, -0.2) is 9.78 Å². The van der Waals surface area contributed by atoms with Gasteiger partial charge in [-0.05, 0) is 25.1 Å². The highest BCUT2D eigenvalue weighted by Crippen LogP contribution is 2.28. The van der Waals surface area contributed by atoms with E-state index in [1.807, 2.05) is 5.38 Å². The van der Waals surface area contributed by atoms with Crippen molar-refractivity contribution in [3.8, 4) is 16.3 Å². The van der Waals surface area contributed by atoms with E-state index in [1.165, 1.54) is 19.6 Å². The molecule has 0 aliphatic carbocycles. The fourth-order valence-corrected chi connectivity index (χ4v) is 3.67. The van der Waals surface area contributed by atoms with Gasteiger partial charge in [-0.1, -0.05) is 29.8 Å². The lowest BCUT2D eigenvalue weighted by Crippen LogP contribution is -2.30. The lowest BCUT2D eigenvalue weighted by Gasteiger charge is -2.13. The molecule has 3 rings (SSSR count). The highest BCUT2D eigenvalue weighted by Gasteiger charge is 2.10. The van der Waals surface area contributed by atoms with Crippen LogP contribution in [0.2, 0.25) is 0 Å². The number of urea groups is 1. The van der Waals surface area contributed by atoms with E-state index in [0.717, 1.165) is 16.3 Å². The number of hydrogen-bond donors (Lipinski definition) is 3. The number of methoxy groups -OCH3 is 1. The summed E-state index contributed by atoms with van der Waals surface area (Å²) >= 11 is 1.59. The van der Waals surface area contributed by atoms with Gasteiger partial charge in [0.2, 0.25) is 5.91 Å². The molecular formula is C22H24N4O3S. The van der Waals surface area contributed by atoms with Gasteiger partial charge in [0.05, 0.1) is 18.5 Å². The van der Waals surface area contributed by atoms with Crippen LogP contribution in [0, 0.1) is 6.92 Å². The average molecular weight is 425 g/mol. The number of carbonyl (C=O) groups excluding carboxylic acids is 2. The summed E-state index contributed by atoms with van der Waals surface area (Å²) in [4.78, 5) is 28.2. The molecule has 156 valence electrons. The number of amides is 3. The Bertz CT molecular complexity index is 1030. The highest BCUT2D eigenvalue weighted by molar-refractivity contribution is 7.13.